The van der Waals surface area contributed by atoms with E-state index in [-0.39, 0.29) is 12.4 Å². The number of hydrogen-bond donors (Lipinski definition) is 2. The van der Waals surface area contributed by atoms with Crippen LogP contribution in [0.4, 0.5) is 11.4 Å². The highest BCUT2D eigenvalue weighted by molar-refractivity contribution is 6.31. The van der Waals surface area contributed by atoms with Crippen molar-refractivity contribution in [3.05, 3.63) is 22.7 Å². The van der Waals surface area contributed by atoms with Crippen LogP contribution in [0.15, 0.2) is 12.1 Å². The molecular formula is C17H28Cl2N4. The largest absolute Gasteiger partial charge is 0.383 e. The molecule has 6 heteroatoms. The molecule has 0 bridgehead atoms. The third-order valence-electron chi connectivity index (χ3n) is 4.74. The lowest BCUT2D eigenvalue weighted by molar-refractivity contribution is 0.352. The van der Waals surface area contributed by atoms with Crippen LogP contribution in [0, 0.1) is 6.92 Å². The van der Waals surface area contributed by atoms with E-state index in [1.165, 1.54) is 42.9 Å². The number of hydrogen-bond acceptors (Lipinski definition) is 4. The maximum atomic E-state index is 6.35. The average Bonchev–Trinajstić information content (AvgIpc) is 3.04. The van der Waals surface area contributed by atoms with Gasteiger partial charge in [0.25, 0.3) is 0 Å². The molecule has 3 rings (SSSR count). The molecule has 4 nitrogen and oxygen atoms in total. The van der Waals surface area contributed by atoms with Gasteiger partial charge in [0.1, 0.15) is 0 Å². The van der Waals surface area contributed by atoms with E-state index in [0.29, 0.717) is 0 Å². The van der Waals surface area contributed by atoms with Crippen LogP contribution in [0.5, 0.6) is 0 Å². The highest BCUT2D eigenvalue weighted by Crippen LogP contribution is 2.31. The molecule has 0 atom stereocenters. The lowest BCUT2D eigenvalue weighted by atomic mass is 10.1. The molecule has 0 unspecified atom stereocenters. The Kier molecular flexibility index (Phi) is 7.28. The number of rotatable bonds is 5. The molecule has 2 fully saturated rings. The molecule has 0 aliphatic carbocycles. The average molecular weight is 359 g/mol. The first-order chi connectivity index (χ1) is 10.7. The third-order valence-corrected chi connectivity index (χ3v) is 4.96. The van der Waals surface area contributed by atoms with E-state index in [0.717, 1.165) is 44.3 Å². The second-order valence-corrected chi connectivity index (χ2v) is 6.75. The van der Waals surface area contributed by atoms with E-state index < -0.39 is 0 Å². The highest BCUT2D eigenvalue weighted by atomic mass is 35.5. The van der Waals surface area contributed by atoms with Gasteiger partial charge in [0.15, 0.2) is 0 Å². The predicted octanol–water partition coefficient (Wildman–Crippen LogP) is 2.99. The molecule has 23 heavy (non-hydrogen) atoms. The maximum absolute atomic E-state index is 6.35. The molecule has 130 valence electrons. The van der Waals surface area contributed by atoms with Crippen LogP contribution in [0.25, 0.3) is 0 Å². The summed E-state index contributed by atoms with van der Waals surface area (Å²) in [6.07, 6.45) is 2.70. The summed E-state index contributed by atoms with van der Waals surface area (Å²) in [7, 11) is 0. The first-order valence-electron chi connectivity index (χ1n) is 8.46. The van der Waals surface area contributed by atoms with Crippen LogP contribution in [-0.2, 0) is 0 Å². The summed E-state index contributed by atoms with van der Waals surface area (Å²) in [5.74, 6) is 0. The monoisotopic (exact) mass is 358 g/mol. The van der Waals surface area contributed by atoms with Gasteiger partial charge in [0.2, 0.25) is 0 Å². The van der Waals surface area contributed by atoms with Crippen LogP contribution in [-0.4, -0.2) is 57.3 Å². The summed E-state index contributed by atoms with van der Waals surface area (Å²) in [6, 6.07) is 4.17. The Labute approximate surface area is 151 Å². The van der Waals surface area contributed by atoms with Crippen molar-refractivity contribution < 1.29 is 0 Å². The Morgan fingerprint density at radius 3 is 2.52 bits per heavy atom. The first-order valence-corrected chi connectivity index (χ1v) is 8.84. The standard InChI is InChI=1S/C17H27ClN4.ClH/c1-14-16(20-6-9-21-7-2-3-8-21)12-15(18)13-17(14)22-10-4-19-5-11-22;/h12-13,19-20H,2-11H2,1H3;1H. The van der Waals surface area contributed by atoms with Gasteiger partial charge in [-0.2, -0.15) is 0 Å². The SMILES string of the molecule is Cc1c(NCCN2CCCC2)cc(Cl)cc1N1CCNCC1.Cl. The van der Waals surface area contributed by atoms with E-state index in [9.17, 15) is 0 Å². The summed E-state index contributed by atoms with van der Waals surface area (Å²) in [5.41, 5.74) is 3.77. The number of piperazine rings is 1. The van der Waals surface area contributed by atoms with Crippen molar-refractivity contribution in [2.24, 2.45) is 0 Å². The highest BCUT2D eigenvalue weighted by Gasteiger charge is 2.16. The minimum absolute atomic E-state index is 0. The number of benzene rings is 1. The number of anilines is 2. The molecule has 0 saturated carbocycles. The molecule has 2 aliphatic rings. The molecule has 0 aromatic heterocycles. The molecule has 2 N–H and O–H groups in total. The third kappa shape index (κ3) is 4.90. The van der Waals surface area contributed by atoms with Crippen molar-refractivity contribution in [2.45, 2.75) is 19.8 Å². The van der Waals surface area contributed by atoms with Crippen molar-refractivity contribution in [3.8, 4) is 0 Å². The number of nitrogens with zero attached hydrogens (tertiary/aromatic N) is 2. The van der Waals surface area contributed by atoms with Gasteiger partial charge < -0.3 is 20.4 Å². The van der Waals surface area contributed by atoms with E-state index in [1.807, 2.05) is 0 Å². The zero-order chi connectivity index (χ0) is 15.4. The van der Waals surface area contributed by atoms with Gasteiger partial charge in [-0.15, -0.1) is 12.4 Å². The van der Waals surface area contributed by atoms with Crippen molar-refractivity contribution in [1.29, 1.82) is 0 Å². The quantitative estimate of drug-likeness (QED) is 0.846. The lowest BCUT2D eigenvalue weighted by Gasteiger charge is -2.31. The molecule has 0 spiro atoms. The molecular weight excluding hydrogens is 331 g/mol. The van der Waals surface area contributed by atoms with E-state index in [4.69, 9.17) is 11.6 Å². The van der Waals surface area contributed by atoms with Gasteiger partial charge in [-0.3, -0.25) is 0 Å². The van der Waals surface area contributed by atoms with Crippen LogP contribution in [0.1, 0.15) is 18.4 Å². The summed E-state index contributed by atoms with van der Waals surface area (Å²) in [5, 5.41) is 7.82. The van der Waals surface area contributed by atoms with Crippen molar-refractivity contribution in [2.75, 3.05) is 62.6 Å². The van der Waals surface area contributed by atoms with Gasteiger partial charge in [-0.25, -0.2) is 0 Å². The number of nitrogens with one attached hydrogen (secondary N) is 2. The summed E-state index contributed by atoms with van der Waals surface area (Å²) in [6.45, 7) is 11.0. The lowest BCUT2D eigenvalue weighted by Crippen LogP contribution is -2.43. The van der Waals surface area contributed by atoms with Crippen molar-refractivity contribution in [3.63, 3.8) is 0 Å². The zero-order valence-corrected chi connectivity index (χ0v) is 15.5. The molecule has 0 radical (unpaired) electrons. The van der Waals surface area contributed by atoms with Crippen molar-refractivity contribution in [1.82, 2.24) is 10.2 Å². The summed E-state index contributed by atoms with van der Waals surface area (Å²) < 4.78 is 0. The second-order valence-electron chi connectivity index (χ2n) is 6.31. The van der Waals surface area contributed by atoms with Crippen molar-refractivity contribution >= 4 is 35.4 Å². The molecule has 1 aromatic rings. The molecule has 2 saturated heterocycles. The van der Waals surface area contributed by atoms with Crippen LogP contribution in [0.2, 0.25) is 5.02 Å². The maximum Gasteiger partial charge on any atom is 0.0447 e. The normalized spacial score (nSPS) is 18.8. The van der Waals surface area contributed by atoms with Gasteiger partial charge in [-0.1, -0.05) is 11.6 Å². The first kappa shape index (κ1) is 18.7. The van der Waals surface area contributed by atoms with E-state index in [2.05, 4.69) is 39.5 Å². The Morgan fingerprint density at radius 2 is 1.83 bits per heavy atom. The van der Waals surface area contributed by atoms with Gasteiger partial charge in [0, 0.05) is 55.7 Å². The minimum Gasteiger partial charge on any atom is -0.383 e. The van der Waals surface area contributed by atoms with Gasteiger partial charge in [-0.05, 0) is 50.6 Å². The van der Waals surface area contributed by atoms with E-state index in [1.54, 1.807) is 0 Å². The fourth-order valence-corrected chi connectivity index (χ4v) is 3.65. The smallest absolute Gasteiger partial charge is 0.0447 e. The number of halogens is 2. The van der Waals surface area contributed by atoms with Crippen LogP contribution < -0.4 is 15.5 Å². The Balaban J connectivity index is 0.00000192. The van der Waals surface area contributed by atoms with Gasteiger partial charge >= 0.3 is 0 Å². The predicted molar refractivity (Wildman–Crippen MR) is 103 cm³/mol. The molecule has 0 amide bonds. The fourth-order valence-electron chi connectivity index (χ4n) is 3.44. The second kappa shape index (κ2) is 8.97. The topological polar surface area (TPSA) is 30.5 Å². The Hall–Kier alpha value is -0.680. The van der Waals surface area contributed by atoms with Crippen LogP contribution >= 0.6 is 24.0 Å². The van der Waals surface area contributed by atoms with E-state index >= 15 is 0 Å². The zero-order valence-electron chi connectivity index (χ0n) is 13.9. The number of likely N-dealkylation sites (tertiary alicyclic amines) is 1. The molecule has 1 aromatic carbocycles. The minimum atomic E-state index is 0. The summed E-state index contributed by atoms with van der Waals surface area (Å²) >= 11 is 6.35. The summed E-state index contributed by atoms with van der Waals surface area (Å²) in [4.78, 5) is 4.97. The molecule has 2 heterocycles. The van der Waals surface area contributed by atoms with Crippen LogP contribution in [0.3, 0.4) is 0 Å². The Bertz CT molecular complexity index is 498. The fraction of sp³-hybridized carbons (Fsp3) is 0.647. The Morgan fingerprint density at radius 1 is 1.13 bits per heavy atom. The van der Waals surface area contributed by atoms with Gasteiger partial charge in [0.05, 0.1) is 0 Å². The molecule has 2 aliphatic heterocycles.